The molecule has 2 unspecified atom stereocenters. The van der Waals surface area contributed by atoms with E-state index in [1.165, 1.54) is 6.20 Å². The Morgan fingerprint density at radius 3 is 2.35 bits per heavy atom. The monoisotopic (exact) mass is 346 g/mol. The van der Waals surface area contributed by atoms with Gasteiger partial charge in [-0.3, -0.25) is 0 Å². The minimum Gasteiger partial charge on any atom is -0.350 e. The Morgan fingerprint density at radius 1 is 1.22 bits per heavy atom. The molecule has 0 radical (unpaired) electrons. The van der Waals surface area contributed by atoms with Crippen LogP contribution >= 0.6 is 0 Å². The first-order valence-corrected chi connectivity index (χ1v) is 8.37. The number of halogens is 3. The topological polar surface area (TPSA) is 34.0 Å². The quantitative estimate of drug-likeness (QED) is 0.890. The fraction of sp³-hybridized carbons (Fsp3) is 0.500. The van der Waals surface area contributed by atoms with E-state index in [-0.39, 0.29) is 5.56 Å². The number of rotatable bonds is 3. The van der Waals surface area contributed by atoms with Crippen molar-refractivity contribution >= 4 is 21.9 Å². The third-order valence-electron chi connectivity index (χ3n) is 3.65. The second-order valence-corrected chi connectivity index (χ2v) is 8.64. The van der Waals surface area contributed by atoms with Crippen LogP contribution in [0.1, 0.15) is 37.9 Å². The van der Waals surface area contributed by atoms with Crippen molar-refractivity contribution in [2.45, 2.75) is 44.7 Å². The fourth-order valence-electron chi connectivity index (χ4n) is 2.52. The zero-order valence-electron chi connectivity index (χ0n) is 13.8. The van der Waals surface area contributed by atoms with Crippen LogP contribution in [0.2, 0.25) is 0 Å². The number of para-hydroxylation sites is 1. The Labute approximate surface area is 136 Å². The lowest BCUT2D eigenvalue weighted by atomic mass is 10.0. The van der Waals surface area contributed by atoms with Crippen LogP contribution in [0.3, 0.4) is 0 Å². The van der Waals surface area contributed by atoms with E-state index >= 15 is 0 Å². The van der Waals surface area contributed by atoms with Gasteiger partial charge in [-0.2, -0.15) is 13.2 Å². The minimum atomic E-state index is -4.54. The van der Waals surface area contributed by atoms with E-state index in [9.17, 15) is 17.4 Å². The van der Waals surface area contributed by atoms with Crippen molar-refractivity contribution in [2.24, 2.45) is 7.05 Å². The smallest absolute Gasteiger partial charge is 0.350 e. The molecule has 2 aromatic rings. The third-order valence-corrected chi connectivity index (χ3v) is 5.22. The second-order valence-electron chi connectivity index (χ2n) is 6.64. The van der Waals surface area contributed by atoms with E-state index in [2.05, 4.69) is 4.72 Å². The summed E-state index contributed by atoms with van der Waals surface area (Å²) in [6.45, 7) is 6.76. The van der Waals surface area contributed by atoms with E-state index in [1.54, 1.807) is 44.5 Å². The molecule has 0 amide bonds. The van der Waals surface area contributed by atoms with Gasteiger partial charge < -0.3 is 4.57 Å². The number of nitrogens with one attached hydrogen (secondary N) is 1. The molecular formula is C16H21F3N2OS. The van der Waals surface area contributed by atoms with Gasteiger partial charge in [0, 0.05) is 24.2 Å². The molecule has 2 rings (SSSR count). The zero-order chi connectivity index (χ0) is 17.6. The molecular weight excluding hydrogens is 325 g/mol. The summed E-state index contributed by atoms with van der Waals surface area (Å²) in [4.78, 5) is 0. The Morgan fingerprint density at radius 2 is 1.83 bits per heavy atom. The summed E-state index contributed by atoms with van der Waals surface area (Å²) in [6, 6.07) is 3.27. The number of benzene rings is 1. The number of aryl methyl sites for hydroxylation is 2. The van der Waals surface area contributed by atoms with E-state index < -0.39 is 28.0 Å². The summed E-state index contributed by atoms with van der Waals surface area (Å²) in [6.07, 6.45) is -3.08. The molecule has 128 valence electrons. The number of alkyl halides is 3. The van der Waals surface area contributed by atoms with Gasteiger partial charge in [0.25, 0.3) is 0 Å². The Bertz CT molecular complexity index is 744. The Balaban J connectivity index is 2.58. The van der Waals surface area contributed by atoms with Gasteiger partial charge in [0.1, 0.15) is 6.04 Å². The van der Waals surface area contributed by atoms with Gasteiger partial charge in [0.2, 0.25) is 0 Å². The lowest BCUT2D eigenvalue weighted by Gasteiger charge is -2.25. The van der Waals surface area contributed by atoms with Crippen LogP contribution in [-0.2, 0) is 18.0 Å². The van der Waals surface area contributed by atoms with E-state index in [4.69, 9.17) is 0 Å². The molecule has 1 heterocycles. The largest absolute Gasteiger partial charge is 0.408 e. The lowest BCUT2D eigenvalue weighted by molar-refractivity contribution is -0.152. The second kappa shape index (κ2) is 5.94. The van der Waals surface area contributed by atoms with E-state index in [0.717, 1.165) is 11.1 Å². The molecule has 0 bridgehead atoms. The van der Waals surface area contributed by atoms with Gasteiger partial charge in [-0.15, -0.1) is 0 Å². The molecule has 1 aromatic heterocycles. The van der Waals surface area contributed by atoms with Crippen LogP contribution in [-0.4, -0.2) is 19.7 Å². The standard InChI is InChI=1S/C16H21F3N2OS/c1-10-7-6-8-11-12(9-21(5)13(10)11)14(16(17,18)19)20-23(22)15(2,3)4/h6-9,14,20H,1-5H3. The Hall–Kier alpha value is -1.34. The number of nitrogens with zero attached hydrogens (tertiary/aromatic N) is 1. The minimum absolute atomic E-state index is 0.0938. The highest BCUT2D eigenvalue weighted by Gasteiger charge is 2.44. The molecule has 2 atom stereocenters. The van der Waals surface area contributed by atoms with Gasteiger partial charge in [-0.25, -0.2) is 8.93 Å². The summed E-state index contributed by atoms with van der Waals surface area (Å²) < 4.78 is 56.1. The molecule has 0 spiro atoms. The van der Waals surface area contributed by atoms with Crippen LogP contribution in [0.5, 0.6) is 0 Å². The van der Waals surface area contributed by atoms with E-state index in [1.807, 2.05) is 13.0 Å². The summed E-state index contributed by atoms with van der Waals surface area (Å²) in [5, 5.41) is 0.522. The van der Waals surface area contributed by atoms with Gasteiger partial charge in [0.15, 0.2) is 0 Å². The fourth-order valence-corrected chi connectivity index (χ4v) is 3.35. The van der Waals surface area contributed by atoms with Crippen LogP contribution in [0.15, 0.2) is 24.4 Å². The van der Waals surface area contributed by atoms with Crippen molar-refractivity contribution in [3.8, 4) is 0 Å². The molecule has 0 saturated carbocycles. The molecule has 23 heavy (non-hydrogen) atoms. The number of fused-ring (bicyclic) bond motifs is 1. The maximum Gasteiger partial charge on any atom is 0.408 e. The average Bonchev–Trinajstić information content (AvgIpc) is 2.71. The normalized spacial score (nSPS) is 15.8. The predicted molar refractivity (Wildman–Crippen MR) is 87.5 cm³/mol. The molecule has 0 fully saturated rings. The third kappa shape index (κ3) is 3.61. The van der Waals surface area contributed by atoms with Crippen LogP contribution < -0.4 is 4.72 Å². The first-order chi connectivity index (χ1) is 10.4. The average molecular weight is 346 g/mol. The predicted octanol–water partition coefficient (Wildman–Crippen LogP) is 4.14. The molecule has 0 saturated heterocycles. The Kier molecular flexibility index (Phi) is 4.65. The first kappa shape index (κ1) is 18.0. The number of hydrogen-bond donors (Lipinski definition) is 1. The summed E-state index contributed by atoms with van der Waals surface area (Å²) in [7, 11) is -0.117. The molecule has 7 heteroatoms. The van der Waals surface area contributed by atoms with Crippen LogP contribution in [0.25, 0.3) is 10.9 Å². The van der Waals surface area contributed by atoms with Crippen LogP contribution in [0.4, 0.5) is 13.2 Å². The van der Waals surface area contributed by atoms with Gasteiger partial charge in [-0.1, -0.05) is 18.2 Å². The highest BCUT2D eigenvalue weighted by atomic mass is 32.2. The molecule has 0 aliphatic rings. The summed E-state index contributed by atoms with van der Waals surface area (Å²) in [5.74, 6) is 0. The van der Waals surface area contributed by atoms with Crippen LogP contribution in [0, 0.1) is 6.92 Å². The van der Waals surface area contributed by atoms with Crippen molar-refractivity contribution < 1.29 is 17.4 Å². The molecule has 0 aliphatic carbocycles. The molecule has 0 aliphatic heterocycles. The van der Waals surface area contributed by atoms with Crippen molar-refractivity contribution in [1.82, 2.24) is 9.29 Å². The lowest BCUT2D eigenvalue weighted by Crippen LogP contribution is -2.41. The summed E-state index contributed by atoms with van der Waals surface area (Å²) >= 11 is 0. The highest BCUT2D eigenvalue weighted by Crippen LogP contribution is 2.38. The van der Waals surface area contributed by atoms with Crippen molar-refractivity contribution in [3.05, 3.63) is 35.5 Å². The number of hydrogen-bond acceptors (Lipinski definition) is 1. The SMILES string of the molecule is Cc1cccc2c(C(NS(=O)C(C)(C)C)C(F)(F)F)cn(C)c12. The van der Waals surface area contributed by atoms with Gasteiger partial charge >= 0.3 is 6.18 Å². The maximum atomic E-state index is 13.6. The maximum absolute atomic E-state index is 13.6. The molecule has 1 aromatic carbocycles. The van der Waals surface area contributed by atoms with Gasteiger partial charge in [0.05, 0.1) is 21.2 Å². The van der Waals surface area contributed by atoms with Crippen molar-refractivity contribution in [1.29, 1.82) is 0 Å². The van der Waals surface area contributed by atoms with Gasteiger partial charge in [-0.05, 0) is 33.3 Å². The molecule has 3 nitrogen and oxygen atoms in total. The van der Waals surface area contributed by atoms with E-state index in [0.29, 0.717) is 5.39 Å². The van der Waals surface area contributed by atoms with Crippen molar-refractivity contribution in [2.75, 3.05) is 0 Å². The molecule has 1 N–H and O–H groups in total. The zero-order valence-corrected chi connectivity index (χ0v) is 14.6. The van der Waals surface area contributed by atoms with Crippen molar-refractivity contribution in [3.63, 3.8) is 0 Å². The highest BCUT2D eigenvalue weighted by molar-refractivity contribution is 7.84. The number of aromatic nitrogens is 1. The first-order valence-electron chi connectivity index (χ1n) is 7.22. The summed E-state index contributed by atoms with van der Waals surface area (Å²) in [5.41, 5.74) is 1.74.